The number of hydrogen-bond acceptors (Lipinski definition) is 3. The van der Waals surface area contributed by atoms with Crippen molar-refractivity contribution in [1.82, 2.24) is 14.8 Å². The van der Waals surface area contributed by atoms with Crippen molar-refractivity contribution in [1.29, 1.82) is 0 Å². The number of halogens is 1. The van der Waals surface area contributed by atoms with Crippen LogP contribution in [-0.4, -0.2) is 39.1 Å². The second-order valence-corrected chi connectivity index (χ2v) is 11.3. The molecule has 1 spiro atoms. The fourth-order valence-electron chi connectivity index (χ4n) is 7.52. The van der Waals surface area contributed by atoms with Crippen molar-refractivity contribution in [2.45, 2.75) is 56.8 Å². The van der Waals surface area contributed by atoms with Crippen molar-refractivity contribution in [3.63, 3.8) is 0 Å². The van der Waals surface area contributed by atoms with Crippen LogP contribution in [0.1, 0.15) is 68.0 Å². The second-order valence-electron chi connectivity index (χ2n) is 11.3. The van der Waals surface area contributed by atoms with Gasteiger partial charge in [-0.2, -0.15) is 5.10 Å². The molecule has 2 aromatic carbocycles. The first-order chi connectivity index (χ1) is 17.5. The molecule has 7 heteroatoms. The van der Waals surface area contributed by atoms with Crippen LogP contribution in [0, 0.1) is 17.2 Å². The van der Waals surface area contributed by atoms with E-state index in [1.165, 1.54) is 16.6 Å². The van der Waals surface area contributed by atoms with Gasteiger partial charge in [0.1, 0.15) is 5.82 Å². The molecule has 3 aliphatic rings. The molecule has 36 heavy (non-hydrogen) atoms. The van der Waals surface area contributed by atoms with Crippen LogP contribution in [0.4, 0.5) is 4.39 Å². The Balaban J connectivity index is 1.37. The van der Waals surface area contributed by atoms with E-state index in [4.69, 9.17) is 4.74 Å². The van der Waals surface area contributed by atoms with Crippen molar-refractivity contribution in [3.05, 3.63) is 59.7 Å². The van der Waals surface area contributed by atoms with Gasteiger partial charge in [-0.1, -0.05) is 0 Å². The molecular formula is C29H30FN3O3. The van der Waals surface area contributed by atoms with Gasteiger partial charge in [0.2, 0.25) is 0 Å². The zero-order chi connectivity index (χ0) is 24.4. The fourth-order valence-corrected chi connectivity index (χ4v) is 7.52. The zero-order valence-electron chi connectivity index (χ0n) is 20.2. The first kappa shape index (κ1) is 22.0. The Labute approximate surface area is 208 Å². The monoisotopic (exact) mass is 487 g/mol. The lowest BCUT2D eigenvalue weighted by Gasteiger charge is -2.58. The quantitative estimate of drug-likeness (QED) is 0.347. The van der Waals surface area contributed by atoms with Gasteiger partial charge in [0, 0.05) is 47.7 Å². The lowest BCUT2D eigenvalue weighted by atomic mass is 9.46. The molecule has 0 radical (unpaired) electrons. The minimum atomic E-state index is -0.682. The van der Waals surface area contributed by atoms with Crippen molar-refractivity contribution in [2.24, 2.45) is 11.3 Å². The smallest absolute Gasteiger partial charge is 0.303 e. The van der Waals surface area contributed by atoms with Crippen LogP contribution in [0.25, 0.3) is 27.5 Å². The predicted molar refractivity (Wildman–Crippen MR) is 135 cm³/mol. The summed E-state index contributed by atoms with van der Waals surface area (Å²) in [4.78, 5) is 11.2. The normalized spacial score (nSPS) is 26.4. The van der Waals surface area contributed by atoms with E-state index in [9.17, 15) is 14.3 Å². The molecule has 4 aromatic rings. The van der Waals surface area contributed by atoms with Crippen LogP contribution in [0.2, 0.25) is 0 Å². The molecule has 7 rings (SSSR count). The van der Waals surface area contributed by atoms with E-state index in [-0.39, 0.29) is 5.82 Å². The molecule has 0 unspecified atom stereocenters. The van der Waals surface area contributed by atoms with Crippen LogP contribution in [-0.2, 0) is 9.53 Å². The Hall–Kier alpha value is -3.19. The number of fused-ring (bicyclic) bond motifs is 2. The Morgan fingerprint density at radius 1 is 1.11 bits per heavy atom. The highest BCUT2D eigenvalue weighted by molar-refractivity contribution is 5.99. The number of aromatic amines is 1. The van der Waals surface area contributed by atoms with E-state index >= 15 is 0 Å². The van der Waals surface area contributed by atoms with Gasteiger partial charge in [-0.15, -0.1) is 0 Å². The summed E-state index contributed by atoms with van der Waals surface area (Å²) in [7, 11) is 0. The topological polar surface area (TPSA) is 80.1 Å². The third kappa shape index (κ3) is 3.47. The second kappa shape index (κ2) is 8.17. The average Bonchev–Trinajstić information content (AvgIpc) is 3.41. The van der Waals surface area contributed by atoms with Crippen LogP contribution in [0.3, 0.4) is 0 Å². The maximum atomic E-state index is 13.9. The molecule has 3 fully saturated rings. The summed E-state index contributed by atoms with van der Waals surface area (Å²) in [6.45, 7) is 1.51. The van der Waals surface area contributed by atoms with Gasteiger partial charge in [-0.3, -0.25) is 9.89 Å². The van der Waals surface area contributed by atoms with Gasteiger partial charge in [0.15, 0.2) is 0 Å². The number of H-pyrrole nitrogens is 1. The Bertz CT molecular complexity index is 1450. The molecule has 186 valence electrons. The SMILES string of the molecule is O=C(O)CC1CC2(C1)CC(c1c(C3CCOCC3)n(-c3ccc(F)cc3)c3cc4cn[nH]c4cc13)C2. The van der Waals surface area contributed by atoms with Gasteiger partial charge in [0.25, 0.3) is 0 Å². The van der Waals surface area contributed by atoms with E-state index in [1.54, 1.807) is 12.1 Å². The van der Waals surface area contributed by atoms with Crippen LogP contribution < -0.4 is 0 Å². The highest BCUT2D eigenvalue weighted by Crippen LogP contribution is 2.66. The molecule has 0 atom stereocenters. The molecule has 6 nitrogen and oxygen atoms in total. The molecule has 2 N–H and O–H groups in total. The number of nitrogens with zero attached hydrogens (tertiary/aromatic N) is 2. The fraction of sp³-hybridized carbons (Fsp3) is 0.448. The maximum Gasteiger partial charge on any atom is 0.303 e. The summed E-state index contributed by atoms with van der Waals surface area (Å²) in [5.41, 5.74) is 6.23. The van der Waals surface area contributed by atoms with E-state index in [1.807, 2.05) is 18.3 Å². The molecule has 1 saturated heterocycles. The van der Waals surface area contributed by atoms with Crippen molar-refractivity contribution in [2.75, 3.05) is 13.2 Å². The van der Waals surface area contributed by atoms with Gasteiger partial charge in [-0.05, 0) is 97.7 Å². The predicted octanol–water partition coefficient (Wildman–Crippen LogP) is 6.29. The number of carboxylic acid groups (broad SMARTS) is 1. The maximum absolute atomic E-state index is 13.9. The molecule has 2 aliphatic carbocycles. The van der Waals surface area contributed by atoms with Gasteiger partial charge in [-0.25, -0.2) is 4.39 Å². The van der Waals surface area contributed by atoms with Crippen LogP contribution in [0.15, 0.2) is 42.6 Å². The number of carbonyl (C=O) groups is 1. The third-order valence-corrected chi connectivity index (χ3v) is 8.97. The minimum Gasteiger partial charge on any atom is -0.481 e. The summed E-state index contributed by atoms with van der Waals surface area (Å²) in [5.74, 6) is 0.225. The summed E-state index contributed by atoms with van der Waals surface area (Å²) in [6.07, 6.45) is 8.39. The number of nitrogens with one attached hydrogen (secondary N) is 1. The van der Waals surface area contributed by atoms with Gasteiger partial charge in [0.05, 0.1) is 17.2 Å². The molecule has 2 aromatic heterocycles. The van der Waals surface area contributed by atoms with Crippen LogP contribution in [0.5, 0.6) is 0 Å². The van der Waals surface area contributed by atoms with Crippen molar-refractivity contribution >= 4 is 27.8 Å². The summed E-state index contributed by atoms with van der Waals surface area (Å²) in [5, 5.41) is 18.9. The number of rotatable bonds is 5. The molecule has 3 heterocycles. The van der Waals surface area contributed by atoms with Crippen molar-refractivity contribution in [3.8, 4) is 5.69 Å². The molecule has 2 saturated carbocycles. The first-order valence-electron chi connectivity index (χ1n) is 13.1. The Kier molecular flexibility index (Phi) is 5.00. The average molecular weight is 488 g/mol. The zero-order valence-corrected chi connectivity index (χ0v) is 20.2. The number of aliphatic carboxylic acids is 1. The molecule has 1 aliphatic heterocycles. The highest BCUT2D eigenvalue weighted by Gasteiger charge is 2.54. The molecule has 0 amide bonds. The number of aromatic nitrogens is 3. The summed E-state index contributed by atoms with van der Waals surface area (Å²) >= 11 is 0. The highest BCUT2D eigenvalue weighted by atomic mass is 19.1. The summed E-state index contributed by atoms with van der Waals surface area (Å²) < 4.78 is 22.0. The van der Waals surface area contributed by atoms with E-state index in [0.717, 1.165) is 73.8 Å². The molecule has 0 bridgehead atoms. The molecular weight excluding hydrogens is 457 g/mol. The Morgan fingerprint density at radius 3 is 2.58 bits per heavy atom. The lowest BCUT2D eigenvalue weighted by Crippen LogP contribution is -2.47. The van der Waals surface area contributed by atoms with E-state index in [0.29, 0.717) is 29.6 Å². The number of hydrogen-bond donors (Lipinski definition) is 2. The number of carboxylic acids is 1. The van der Waals surface area contributed by atoms with E-state index in [2.05, 4.69) is 26.9 Å². The largest absolute Gasteiger partial charge is 0.481 e. The summed E-state index contributed by atoms with van der Waals surface area (Å²) in [6, 6.07) is 11.3. The third-order valence-electron chi connectivity index (χ3n) is 8.97. The van der Waals surface area contributed by atoms with Crippen molar-refractivity contribution < 1.29 is 19.0 Å². The number of ether oxygens (including phenoxy) is 1. The minimum absolute atomic E-state index is 0.234. The van der Waals surface area contributed by atoms with Crippen LogP contribution >= 0.6 is 0 Å². The van der Waals surface area contributed by atoms with Gasteiger partial charge >= 0.3 is 5.97 Å². The first-order valence-corrected chi connectivity index (χ1v) is 13.1. The standard InChI is InChI=1S/C29H30FN3O3/c30-21-1-3-22(4-2-21)33-25-10-19-16-31-32-24(19)11-23(25)27(28(33)18-5-7-36-8-6-18)20-14-29(15-20)12-17(13-29)9-26(34)35/h1-4,10-11,16-18,20H,5-9,12-15H2,(H,31,32)(H,34,35). The van der Waals surface area contributed by atoms with E-state index < -0.39 is 5.97 Å². The Morgan fingerprint density at radius 2 is 1.86 bits per heavy atom. The number of benzene rings is 2. The van der Waals surface area contributed by atoms with Gasteiger partial charge < -0.3 is 14.4 Å². The lowest BCUT2D eigenvalue weighted by molar-refractivity contribution is -0.141.